The molecule has 0 bridgehead atoms. The summed E-state index contributed by atoms with van der Waals surface area (Å²) in [7, 11) is 1.83. The van der Waals surface area contributed by atoms with Gasteiger partial charge in [0.15, 0.2) is 0 Å². The van der Waals surface area contributed by atoms with Gasteiger partial charge in [-0.05, 0) is 19.1 Å². The van der Waals surface area contributed by atoms with Crippen molar-refractivity contribution in [1.29, 1.82) is 0 Å². The van der Waals surface area contributed by atoms with Crippen molar-refractivity contribution in [1.82, 2.24) is 4.98 Å². The number of anilines is 1. The fourth-order valence-corrected chi connectivity index (χ4v) is 0.789. The number of nitrogens with zero attached hydrogens (tertiary/aromatic N) is 1. The zero-order chi connectivity index (χ0) is 7.56. The third-order valence-electron chi connectivity index (χ3n) is 1.28. The average Bonchev–Trinajstić information content (AvgIpc) is 1.95. The molecule has 3 heteroatoms. The minimum atomic E-state index is 0.707. The summed E-state index contributed by atoms with van der Waals surface area (Å²) in [6.07, 6.45) is 0. The van der Waals surface area contributed by atoms with Crippen LogP contribution in [0.1, 0.15) is 5.69 Å². The molecule has 0 aliphatic heterocycles. The summed E-state index contributed by atoms with van der Waals surface area (Å²) in [5.41, 5.74) is 0.855. The molecule has 1 aromatic heterocycles. The van der Waals surface area contributed by atoms with Crippen LogP contribution in [0.3, 0.4) is 0 Å². The van der Waals surface area contributed by atoms with Crippen LogP contribution in [-0.4, -0.2) is 12.0 Å². The van der Waals surface area contributed by atoms with Gasteiger partial charge in [-0.2, -0.15) is 0 Å². The van der Waals surface area contributed by atoms with Gasteiger partial charge in [-0.3, -0.25) is 0 Å². The molecule has 0 saturated carbocycles. The molecule has 0 aliphatic rings. The van der Waals surface area contributed by atoms with Crippen LogP contribution in [0.5, 0.6) is 0 Å². The fourth-order valence-electron chi connectivity index (χ4n) is 0.683. The molecule has 0 unspecified atom stereocenters. The number of nitrogens with one attached hydrogen (secondary N) is 1. The summed E-state index contributed by atoms with van der Waals surface area (Å²) in [4.78, 5) is 4.15. The Hall–Kier alpha value is -0.760. The van der Waals surface area contributed by atoms with Gasteiger partial charge in [0.25, 0.3) is 0 Å². The molecule has 1 N–H and O–H groups in total. The monoisotopic (exact) mass is 156 g/mol. The summed E-state index contributed by atoms with van der Waals surface area (Å²) in [6, 6.07) is 3.67. The van der Waals surface area contributed by atoms with E-state index in [4.69, 9.17) is 11.6 Å². The molecule has 54 valence electrons. The molecule has 0 amide bonds. The third kappa shape index (κ3) is 1.39. The Kier molecular flexibility index (Phi) is 2.12. The van der Waals surface area contributed by atoms with Crippen LogP contribution in [0.25, 0.3) is 0 Å². The van der Waals surface area contributed by atoms with E-state index in [-0.39, 0.29) is 0 Å². The maximum atomic E-state index is 5.75. The van der Waals surface area contributed by atoms with Gasteiger partial charge in [0, 0.05) is 7.05 Å². The van der Waals surface area contributed by atoms with E-state index in [2.05, 4.69) is 10.3 Å². The lowest BCUT2D eigenvalue weighted by molar-refractivity contribution is 1.19. The molecule has 0 atom stereocenters. The van der Waals surface area contributed by atoms with Crippen molar-refractivity contribution in [2.45, 2.75) is 6.92 Å². The lowest BCUT2D eigenvalue weighted by Crippen LogP contribution is -1.93. The van der Waals surface area contributed by atoms with Crippen molar-refractivity contribution in [3.8, 4) is 0 Å². The van der Waals surface area contributed by atoms with Crippen LogP contribution in [-0.2, 0) is 0 Å². The Bertz CT molecular complexity index is 235. The maximum absolute atomic E-state index is 5.75. The van der Waals surface area contributed by atoms with Crippen molar-refractivity contribution >= 4 is 17.4 Å². The molecule has 0 fully saturated rings. The Morgan fingerprint density at radius 2 is 2.20 bits per heavy atom. The van der Waals surface area contributed by atoms with Crippen LogP contribution >= 0.6 is 11.6 Å². The fraction of sp³-hybridized carbons (Fsp3) is 0.286. The van der Waals surface area contributed by atoms with Crippen molar-refractivity contribution in [3.05, 3.63) is 22.8 Å². The minimum Gasteiger partial charge on any atom is -0.373 e. The van der Waals surface area contributed by atoms with Crippen molar-refractivity contribution in [3.63, 3.8) is 0 Å². The normalized spacial score (nSPS) is 9.50. The van der Waals surface area contributed by atoms with E-state index in [1.54, 1.807) is 0 Å². The molecule has 1 aromatic rings. The van der Waals surface area contributed by atoms with Gasteiger partial charge in [0.2, 0.25) is 0 Å². The molecule has 1 heterocycles. The molecule has 0 spiro atoms. The van der Waals surface area contributed by atoms with Gasteiger partial charge in [-0.25, -0.2) is 4.98 Å². The molecule has 0 aliphatic carbocycles. The number of aryl methyl sites for hydroxylation is 1. The number of pyridine rings is 1. The lowest BCUT2D eigenvalue weighted by atomic mass is 10.4. The molecular formula is C7H9ClN2. The Labute approximate surface area is 65.2 Å². The number of rotatable bonds is 1. The van der Waals surface area contributed by atoms with E-state index in [1.165, 1.54) is 0 Å². The van der Waals surface area contributed by atoms with Gasteiger partial charge in [0.1, 0.15) is 5.82 Å². The van der Waals surface area contributed by atoms with Crippen LogP contribution in [0.15, 0.2) is 12.1 Å². The zero-order valence-corrected chi connectivity index (χ0v) is 6.74. The maximum Gasteiger partial charge on any atom is 0.126 e. The molecular weight excluding hydrogens is 148 g/mol. The predicted molar refractivity (Wildman–Crippen MR) is 43.5 cm³/mol. The molecule has 1 rings (SSSR count). The predicted octanol–water partition coefficient (Wildman–Crippen LogP) is 2.09. The van der Waals surface area contributed by atoms with Crippen molar-refractivity contribution in [2.75, 3.05) is 12.4 Å². The van der Waals surface area contributed by atoms with Gasteiger partial charge in [0.05, 0.1) is 10.7 Å². The minimum absolute atomic E-state index is 0.707. The summed E-state index contributed by atoms with van der Waals surface area (Å²) < 4.78 is 0. The van der Waals surface area contributed by atoms with E-state index >= 15 is 0 Å². The van der Waals surface area contributed by atoms with Gasteiger partial charge in [-0.1, -0.05) is 11.6 Å². The van der Waals surface area contributed by atoms with Crippen molar-refractivity contribution < 1.29 is 0 Å². The summed E-state index contributed by atoms with van der Waals surface area (Å²) >= 11 is 5.75. The Morgan fingerprint density at radius 1 is 1.50 bits per heavy atom. The molecule has 0 radical (unpaired) electrons. The first kappa shape index (κ1) is 7.35. The number of halogens is 1. The summed E-state index contributed by atoms with van der Waals surface area (Å²) in [5.74, 6) is 0.849. The number of hydrogen-bond donors (Lipinski definition) is 1. The highest BCUT2D eigenvalue weighted by atomic mass is 35.5. The molecule has 0 saturated heterocycles. The Morgan fingerprint density at radius 3 is 2.70 bits per heavy atom. The quantitative estimate of drug-likeness (QED) is 0.674. The summed E-state index contributed by atoms with van der Waals surface area (Å²) in [5, 5.41) is 3.63. The second kappa shape index (κ2) is 2.88. The van der Waals surface area contributed by atoms with Crippen molar-refractivity contribution in [2.24, 2.45) is 0 Å². The first-order chi connectivity index (χ1) is 4.74. The van der Waals surface area contributed by atoms with Crippen LogP contribution in [0.2, 0.25) is 5.02 Å². The van der Waals surface area contributed by atoms with E-state index in [9.17, 15) is 0 Å². The highest BCUT2D eigenvalue weighted by Crippen LogP contribution is 2.14. The third-order valence-corrected chi connectivity index (χ3v) is 1.68. The zero-order valence-electron chi connectivity index (χ0n) is 5.98. The second-order valence-electron chi connectivity index (χ2n) is 2.01. The smallest absolute Gasteiger partial charge is 0.126 e. The second-order valence-corrected chi connectivity index (χ2v) is 2.42. The lowest BCUT2D eigenvalue weighted by Gasteiger charge is -2.00. The van der Waals surface area contributed by atoms with E-state index in [0.717, 1.165) is 11.5 Å². The average molecular weight is 157 g/mol. The first-order valence-corrected chi connectivity index (χ1v) is 3.42. The SMILES string of the molecule is CNc1ccc(Cl)c(C)n1. The number of hydrogen-bond acceptors (Lipinski definition) is 2. The molecule has 0 aromatic carbocycles. The highest BCUT2D eigenvalue weighted by molar-refractivity contribution is 6.31. The topological polar surface area (TPSA) is 24.9 Å². The van der Waals surface area contributed by atoms with Crippen LogP contribution in [0.4, 0.5) is 5.82 Å². The van der Waals surface area contributed by atoms with Crippen LogP contribution < -0.4 is 5.32 Å². The molecule has 2 nitrogen and oxygen atoms in total. The summed E-state index contributed by atoms with van der Waals surface area (Å²) in [6.45, 7) is 1.88. The number of aromatic nitrogens is 1. The largest absolute Gasteiger partial charge is 0.373 e. The van der Waals surface area contributed by atoms with E-state index in [0.29, 0.717) is 5.02 Å². The van der Waals surface area contributed by atoms with Gasteiger partial charge < -0.3 is 5.32 Å². The van der Waals surface area contributed by atoms with E-state index < -0.39 is 0 Å². The van der Waals surface area contributed by atoms with E-state index in [1.807, 2.05) is 26.1 Å². The first-order valence-electron chi connectivity index (χ1n) is 3.05. The van der Waals surface area contributed by atoms with Crippen LogP contribution in [0, 0.1) is 6.92 Å². The molecule has 10 heavy (non-hydrogen) atoms. The van der Waals surface area contributed by atoms with Gasteiger partial charge in [-0.15, -0.1) is 0 Å². The Balaban J connectivity index is 3.04. The highest BCUT2D eigenvalue weighted by Gasteiger charge is 1.95. The standard InChI is InChI=1S/C7H9ClN2/c1-5-6(8)3-4-7(9-2)10-5/h3-4H,1-2H3,(H,9,10). The van der Waals surface area contributed by atoms with Gasteiger partial charge >= 0.3 is 0 Å².